The number of aromatic nitrogens is 2. The summed E-state index contributed by atoms with van der Waals surface area (Å²) in [5.74, 6) is 4.42. The van der Waals surface area contributed by atoms with Crippen molar-refractivity contribution in [1.82, 2.24) is 15.1 Å². The van der Waals surface area contributed by atoms with E-state index in [9.17, 15) is 0 Å². The second-order valence-electron chi connectivity index (χ2n) is 7.10. The number of thioether (sulfide) groups is 1. The summed E-state index contributed by atoms with van der Waals surface area (Å²) in [5.41, 5.74) is 0.895. The zero-order valence-corrected chi connectivity index (χ0v) is 18.4. The van der Waals surface area contributed by atoms with E-state index < -0.39 is 0 Å². The fourth-order valence-corrected chi connectivity index (χ4v) is 3.37. The van der Waals surface area contributed by atoms with E-state index in [0.29, 0.717) is 24.1 Å². The van der Waals surface area contributed by atoms with Gasteiger partial charge in [0, 0.05) is 11.3 Å². The summed E-state index contributed by atoms with van der Waals surface area (Å²) in [7, 11) is 4.17. The van der Waals surface area contributed by atoms with Gasteiger partial charge in [-0.1, -0.05) is 18.2 Å². The molecule has 2 aromatic carbocycles. The molecule has 0 bridgehead atoms. The Labute approximate surface area is 182 Å². The van der Waals surface area contributed by atoms with Gasteiger partial charge in [0.25, 0.3) is 0 Å². The standard InChI is InChI=1S/C23H29N3O3S/c1-26(2)14-6-7-15-27-21-12-10-19(11-13-21)23-25-24-22(29-23)18-30-17-16-28-20-8-4-3-5-9-20/h3-5,8-13H,6-7,14-18H2,1-2H3. The minimum atomic E-state index is 0.531. The molecule has 0 amide bonds. The van der Waals surface area contributed by atoms with Gasteiger partial charge >= 0.3 is 0 Å². The van der Waals surface area contributed by atoms with Crippen LogP contribution in [0.25, 0.3) is 11.5 Å². The van der Waals surface area contributed by atoms with Crippen LogP contribution in [0.3, 0.4) is 0 Å². The van der Waals surface area contributed by atoms with E-state index in [2.05, 4.69) is 29.2 Å². The highest BCUT2D eigenvalue weighted by Crippen LogP contribution is 2.23. The Bertz CT molecular complexity index is 854. The molecular formula is C23H29N3O3S. The minimum absolute atomic E-state index is 0.531. The molecule has 30 heavy (non-hydrogen) atoms. The molecule has 7 heteroatoms. The molecule has 0 fully saturated rings. The summed E-state index contributed by atoms with van der Waals surface area (Å²) in [6.07, 6.45) is 2.17. The monoisotopic (exact) mass is 427 g/mol. The number of benzene rings is 2. The van der Waals surface area contributed by atoms with Gasteiger partial charge in [-0.3, -0.25) is 0 Å². The number of hydrogen-bond acceptors (Lipinski definition) is 7. The molecule has 1 aromatic heterocycles. The summed E-state index contributed by atoms with van der Waals surface area (Å²) < 4.78 is 17.3. The van der Waals surface area contributed by atoms with Crippen molar-refractivity contribution in [1.29, 1.82) is 0 Å². The molecule has 0 N–H and O–H groups in total. The summed E-state index contributed by atoms with van der Waals surface area (Å²) in [5, 5.41) is 8.30. The van der Waals surface area contributed by atoms with Crippen LogP contribution in [0.2, 0.25) is 0 Å². The van der Waals surface area contributed by atoms with Gasteiger partial charge in [-0.25, -0.2) is 0 Å². The predicted molar refractivity (Wildman–Crippen MR) is 121 cm³/mol. The first-order valence-electron chi connectivity index (χ1n) is 10.2. The van der Waals surface area contributed by atoms with Crippen molar-refractivity contribution < 1.29 is 13.9 Å². The maximum atomic E-state index is 5.79. The SMILES string of the molecule is CN(C)CCCCOc1ccc(-c2nnc(CSCCOc3ccccc3)o2)cc1. The van der Waals surface area contributed by atoms with Gasteiger partial charge in [-0.05, 0) is 69.9 Å². The van der Waals surface area contributed by atoms with Crippen LogP contribution in [0.5, 0.6) is 11.5 Å². The Kier molecular flexibility index (Phi) is 9.05. The first-order chi connectivity index (χ1) is 14.7. The molecule has 0 saturated heterocycles. The molecule has 0 aliphatic rings. The van der Waals surface area contributed by atoms with E-state index in [1.165, 1.54) is 0 Å². The Morgan fingerprint density at radius 2 is 1.60 bits per heavy atom. The van der Waals surface area contributed by atoms with Crippen molar-refractivity contribution in [2.45, 2.75) is 18.6 Å². The third kappa shape index (κ3) is 7.72. The van der Waals surface area contributed by atoms with Crippen molar-refractivity contribution in [2.75, 3.05) is 39.6 Å². The van der Waals surface area contributed by atoms with E-state index in [1.54, 1.807) is 11.8 Å². The normalized spacial score (nSPS) is 11.0. The van der Waals surface area contributed by atoms with Crippen LogP contribution in [-0.4, -0.2) is 54.7 Å². The Hall–Kier alpha value is -2.51. The van der Waals surface area contributed by atoms with Gasteiger partial charge in [0.15, 0.2) is 0 Å². The Morgan fingerprint density at radius 1 is 0.867 bits per heavy atom. The number of ether oxygens (including phenoxy) is 2. The largest absolute Gasteiger partial charge is 0.494 e. The lowest BCUT2D eigenvalue weighted by Crippen LogP contribution is -2.13. The second kappa shape index (κ2) is 12.2. The van der Waals surface area contributed by atoms with Crippen molar-refractivity contribution in [2.24, 2.45) is 0 Å². The fraction of sp³-hybridized carbons (Fsp3) is 0.391. The van der Waals surface area contributed by atoms with E-state index in [-0.39, 0.29) is 0 Å². The predicted octanol–water partition coefficient (Wildman–Crippen LogP) is 4.77. The van der Waals surface area contributed by atoms with Crippen molar-refractivity contribution in [3.63, 3.8) is 0 Å². The average Bonchev–Trinajstić information content (AvgIpc) is 3.23. The number of nitrogens with zero attached hydrogens (tertiary/aromatic N) is 3. The summed E-state index contributed by atoms with van der Waals surface area (Å²) in [6.45, 7) is 2.45. The van der Waals surface area contributed by atoms with Gasteiger partial charge in [-0.2, -0.15) is 0 Å². The zero-order valence-electron chi connectivity index (χ0n) is 17.6. The van der Waals surface area contributed by atoms with Crippen molar-refractivity contribution in [3.05, 3.63) is 60.5 Å². The highest BCUT2D eigenvalue weighted by Gasteiger charge is 2.09. The van der Waals surface area contributed by atoms with E-state index in [1.807, 2.05) is 54.6 Å². The fourth-order valence-electron chi connectivity index (χ4n) is 2.74. The number of rotatable bonds is 13. The first-order valence-corrected chi connectivity index (χ1v) is 11.3. The van der Waals surface area contributed by atoms with Gasteiger partial charge < -0.3 is 18.8 Å². The first kappa shape index (κ1) is 22.2. The number of hydrogen-bond donors (Lipinski definition) is 0. The maximum absolute atomic E-state index is 5.79. The van der Waals surface area contributed by atoms with Crippen LogP contribution < -0.4 is 9.47 Å². The van der Waals surface area contributed by atoms with Crippen LogP contribution in [0.1, 0.15) is 18.7 Å². The van der Waals surface area contributed by atoms with Crippen molar-refractivity contribution >= 4 is 11.8 Å². The molecule has 0 aliphatic heterocycles. The highest BCUT2D eigenvalue weighted by molar-refractivity contribution is 7.98. The Balaban J connectivity index is 1.36. The van der Waals surface area contributed by atoms with E-state index >= 15 is 0 Å². The van der Waals surface area contributed by atoms with Gasteiger partial charge in [0.1, 0.15) is 11.5 Å². The third-order valence-corrected chi connectivity index (χ3v) is 5.21. The lowest BCUT2D eigenvalue weighted by molar-refractivity contribution is 0.293. The van der Waals surface area contributed by atoms with Crippen LogP contribution >= 0.6 is 11.8 Å². The molecule has 3 rings (SSSR count). The molecule has 0 saturated carbocycles. The molecule has 0 aliphatic carbocycles. The van der Waals surface area contributed by atoms with Crippen LogP contribution in [-0.2, 0) is 5.75 Å². The second-order valence-corrected chi connectivity index (χ2v) is 8.20. The number of unbranched alkanes of at least 4 members (excludes halogenated alkanes) is 1. The van der Waals surface area contributed by atoms with E-state index in [0.717, 1.165) is 48.8 Å². The lowest BCUT2D eigenvalue weighted by atomic mass is 10.2. The molecule has 0 spiro atoms. The smallest absolute Gasteiger partial charge is 0.247 e. The average molecular weight is 428 g/mol. The van der Waals surface area contributed by atoms with Gasteiger partial charge in [-0.15, -0.1) is 22.0 Å². The molecule has 160 valence electrons. The third-order valence-electron chi connectivity index (χ3n) is 4.30. The molecule has 3 aromatic rings. The molecule has 0 radical (unpaired) electrons. The maximum Gasteiger partial charge on any atom is 0.247 e. The zero-order chi connectivity index (χ0) is 21.0. The summed E-state index contributed by atoms with van der Waals surface area (Å²) >= 11 is 1.71. The minimum Gasteiger partial charge on any atom is -0.494 e. The number of para-hydroxylation sites is 1. The van der Waals surface area contributed by atoms with E-state index in [4.69, 9.17) is 13.9 Å². The highest BCUT2D eigenvalue weighted by atomic mass is 32.2. The van der Waals surface area contributed by atoms with Crippen LogP contribution in [0, 0.1) is 0 Å². The van der Waals surface area contributed by atoms with Crippen LogP contribution in [0.4, 0.5) is 0 Å². The van der Waals surface area contributed by atoms with Gasteiger partial charge in [0.05, 0.1) is 19.0 Å². The van der Waals surface area contributed by atoms with Crippen molar-refractivity contribution in [3.8, 4) is 23.0 Å². The van der Waals surface area contributed by atoms with Gasteiger partial charge in [0.2, 0.25) is 11.8 Å². The molecule has 0 unspecified atom stereocenters. The summed E-state index contributed by atoms with van der Waals surface area (Å²) in [6, 6.07) is 17.6. The molecule has 0 atom stereocenters. The quantitative estimate of drug-likeness (QED) is 0.364. The molecular weight excluding hydrogens is 398 g/mol. The van der Waals surface area contributed by atoms with Crippen LogP contribution in [0.15, 0.2) is 59.0 Å². The Morgan fingerprint density at radius 3 is 2.37 bits per heavy atom. The summed E-state index contributed by atoms with van der Waals surface area (Å²) in [4.78, 5) is 2.18. The lowest BCUT2D eigenvalue weighted by Gasteiger charge is -2.09. The molecule has 1 heterocycles. The molecule has 6 nitrogen and oxygen atoms in total. The topological polar surface area (TPSA) is 60.6 Å².